The molecule has 0 unspecified atom stereocenters. The van der Waals surface area contributed by atoms with Gasteiger partial charge in [-0.3, -0.25) is 0 Å². The summed E-state index contributed by atoms with van der Waals surface area (Å²) in [4.78, 5) is 5.28. The molecule has 2 N–H and O–H groups in total. The Bertz CT molecular complexity index is 684. The summed E-state index contributed by atoms with van der Waals surface area (Å²) in [6, 6.07) is 12.6. The first-order valence-electron chi connectivity index (χ1n) is 9.27. The van der Waals surface area contributed by atoms with Gasteiger partial charge in [0.2, 0.25) is 0 Å². The molecule has 4 nitrogen and oxygen atoms in total. The van der Waals surface area contributed by atoms with Crippen molar-refractivity contribution in [3.05, 3.63) is 52.2 Å². The molecule has 0 saturated carbocycles. The summed E-state index contributed by atoms with van der Waals surface area (Å²) in [6.45, 7) is 9.14. The molecule has 2 heterocycles. The topological polar surface area (TPSA) is 28.9 Å². The van der Waals surface area contributed by atoms with E-state index in [2.05, 4.69) is 58.9 Å². The largest absolute Gasteiger partial charge is 0.370 e. The molecule has 0 aliphatic carbocycles. The standard InChI is InChI=1S/C20H27N3OS2/c1-17-5-2-6-18(15-17)21-20(25)23(16-19-7-3-14-26-19)9-4-8-22-10-12-24-13-11-22/h2-3,5-7,14-15H,4,8-13,16H2,1H3,(H,21,25)/p+1. The van der Waals surface area contributed by atoms with Crippen molar-refractivity contribution in [1.82, 2.24) is 4.90 Å². The Morgan fingerprint density at radius 2 is 2.12 bits per heavy atom. The van der Waals surface area contributed by atoms with Crippen LogP contribution >= 0.6 is 23.6 Å². The van der Waals surface area contributed by atoms with Crippen LogP contribution < -0.4 is 10.2 Å². The first-order valence-corrected chi connectivity index (χ1v) is 10.6. The summed E-state index contributed by atoms with van der Waals surface area (Å²) in [7, 11) is 0. The zero-order valence-corrected chi connectivity index (χ0v) is 17.0. The molecular weight excluding hydrogens is 362 g/mol. The van der Waals surface area contributed by atoms with Crippen molar-refractivity contribution in [2.75, 3.05) is 44.7 Å². The number of hydrogen-bond acceptors (Lipinski definition) is 3. The van der Waals surface area contributed by atoms with Gasteiger partial charge in [0.05, 0.1) is 26.3 Å². The van der Waals surface area contributed by atoms with Crippen LogP contribution in [-0.4, -0.2) is 49.4 Å². The maximum absolute atomic E-state index is 5.74. The SMILES string of the molecule is Cc1cccc(NC(=S)N(CCC[NH+]2CCOCC2)Cc2cccs2)c1. The maximum atomic E-state index is 5.74. The second-order valence-corrected chi connectivity index (χ2v) is 8.19. The van der Waals surface area contributed by atoms with Gasteiger partial charge in [0.15, 0.2) is 5.11 Å². The molecule has 0 amide bonds. The zero-order chi connectivity index (χ0) is 18.2. The van der Waals surface area contributed by atoms with E-state index in [-0.39, 0.29) is 0 Å². The van der Waals surface area contributed by atoms with Crippen LogP contribution in [0.25, 0.3) is 0 Å². The van der Waals surface area contributed by atoms with Crippen LogP contribution in [0.1, 0.15) is 16.9 Å². The van der Waals surface area contributed by atoms with E-state index in [9.17, 15) is 0 Å². The summed E-state index contributed by atoms with van der Waals surface area (Å²) in [5.41, 5.74) is 2.29. The Morgan fingerprint density at radius 3 is 2.85 bits per heavy atom. The average Bonchev–Trinajstić information content (AvgIpc) is 3.15. The number of rotatable bonds is 7. The quantitative estimate of drug-likeness (QED) is 0.711. The van der Waals surface area contributed by atoms with Crippen molar-refractivity contribution in [1.29, 1.82) is 0 Å². The Balaban J connectivity index is 1.57. The second-order valence-electron chi connectivity index (χ2n) is 6.77. The molecule has 1 fully saturated rings. The number of nitrogens with one attached hydrogen (secondary N) is 2. The Hall–Kier alpha value is -1.47. The number of quaternary nitrogens is 1. The number of benzene rings is 1. The van der Waals surface area contributed by atoms with Gasteiger partial charge in [0.1, 0.15) is 13.1 Å². The van der Waals surface area contributed by atoms with Crippen molar-refractivity contribution in [3.63, 3.8) is 0 Å². The average molecular weight is 391 g/mol. The van der Waals surface area contributed by atoms with E-state index in [1.807, 2.05) is 0 Å². The fourth-order valence-corrected chi connectivity index (χ4v) is 4.19. The van der Waals surface area contributed by atoms with E-state index in [1.165, 1.54) is 17.0 Å². The van der Waals surface area contributed by atoms with Crippen LogP contribution in [0.4, 0.5) is 5.69 Å². The number of morpholine rings is 1. The van der Waals surface area contributed by atoms with Gasteiger partial charge >= 0.3 is 0 Å². The van der Waals surface area contributed by atoms with E-state index in [4.69, 9.17) is 17.0 Å². The molecule has 0 spiro atoms. The number of ether oxygens (including phenoxy) is 1. The van der Waals surface area contributed by atoms with Crippen molar-refractivity contribution in [2.24, 2.45) is 0 Å². The van der Waals surface area contributed by atoms with Crippen LogP contribution in [0.15, 0.2) is 41.8 Å². The third-order valence-corrected chi connectivity index (χ3v) is 5.86. The van der Waals surface area contributed by atoms with Crippen LogP contribution in [0.3, 0.4) is 0 Å². The molecule has 0 bridgehead atoms. The summed E-state index contributed by atoms with van der Waals surface area (Å²) >= 11 is 7.52. The smallest absolute Gasteiger partial charge is 0.173 e. The van der Waals surface area contributed by atoms with Gasteiger partial charge in [0, 0.05) is 23.5 Å². The van der Waals surface area contributed by atoms with Crippen molar-refractivity contribution >= 4 is 34.4 Å². The lowest BCUT2D eigenvalue weighted by Crippen LogP contribution is -3.14. The first kappa shape index (κ1) is 19.3. The highest BCUT2D eigenvalue weighted by Crippen LogP contribution is 2.15. The lowest BCUT2D eigenvalue weighted by atomic mass is 10.2. The molecule has 0 atom stereocenters. The predicted octanol–water partition coefficient (Wildman–Crippen LogP) is 2.56. The molecule has 26 heavy (non-hydrogen) atoms. The number of thiophene rings is 1. The summed E-state index contributed by atoms with van der Waals surface area (Å²) in [5.74, 6) is 0. The highest BCUT2D eigenvalue weighted by Gasteiger charge is 2.16. The summed E-state index contributed by atoms with van der Waals surface area (Å²) < 4.78 is 5.45. The van der Waals surface area contributed by atoms with Crippen LogP contribution in [0.5, 0.6) is 0 Å². The second kappa shape index (κ2) is 10.0. The molecule has 1 aliphatic heterocycles. The van der Waals surface area contributed by atoms with Gasteiger partial charge in [-0.05, 0) is 48.3 Å². The van der Waals surface area contributed by atoms with Crippen molar-refractivity contribution in [2.45, 2.75) is 19.9 Å². The molecule has 1 aromatic carbocycles. The van der Waals surface area contributed by atoms with Gasteiger partial charge < -0.3 is 19.9 Å². The lowest BCUT2D eigenvalue weighted by Gasteiger charge is -2.28. The van der Waals surface area contributed by atoms with Crippen molar-refractivity contribution < 1.29 is 9.64 Å². The first-order chi connectivity index (χ1) is 12.7. The van der Waals surface area contributed by atoms with Crippen LogP contribution in [-0.2, 0) is 11.3 Å². The molecule has 1 aliphatic rings. The monoisotopic (exact) mass is 390 g/mol. The highest BCUT2D eigenvalue weighted by molar-refractivity contribution is 7.80. The van der Waals surface area contributed by atoms with E-state index in [1.54, 1.807) is 16.2 Å². The molecule has 2 aromatic rings. The number of hydrogen-bond donors (Lipinski definition) is 2. The summed E-state index contributed by atoms with van der Waals surface area (Å²) in [6.07, 6.45) is 1.14. The van der Waals surface area contributed by atoms with Gasteiger partial charge in [-0.2, -0.15) is 0 Å². The van der Waals surface area contributed by atoms with E-state index >= 15 is 0 Å². The summed E-state index contributed by atoms with van der Waals surface area (Å²) in [5, 5.41) is 6.35. The number of anilines is 1. The van der Waals surface area contributed by atoms with Crippen LogP contribution in [0.2, 0.25) is 0 Å². The van der Waals surface area contributed by atoms with Crippen molar-refractivity contribution in [3.8, 4) is 0 Å². The minimum Gasteiger partial charge on any atom is -0.370 e. The highest BCUT2D eigenvalue weighted by atomic mass is 32.1. The Morgan fingerprint density at radius 1 is 1.27 bits per heavy atom. The van der Waals surface area contributed by atoms with Gasteiger partial charge in [0.25, 0.3) is 0 Å². The Kier molecular flexibility index (Phi) is 7.43. The molecule has 6 heteroatoms. The van der Waals surface area contributed by atoms with Gasteiger partial charge in [-0.1, -0.05) is 18.2 Å². The molecule has 1 saturated heterocycles. The minimum absolute atomic E-state index is 0.806. The van der Waals surface area contributed by atoms with Gasteiger partial charge in [-0.25, -0.2) is 0 Å². The fraction of sp³-hybridized carbons (Fsp3) is 0.450. The minimum atomic E-state index is 0.806. The number of thiocarbonyl (C=S) groups is 1. The molecule has 140 valence electrons. The van der Waals surface area contributed by atoms with Crippen LogP contribution in [0, 0.1) is 6.92 Å². The molecule has 0 radical (unpaired) electrons. The predicted molar refractivity (Wildman–Crippen MR) is 113 cm³/mol. The zero-order valence-electron chi connectivity index (χ0n) is 15.4. The van der Waals surface area contributed by atoms with E-state index < -0.39 is 0 Å². The molecule has 3 rings (SSSR count). The maximum Gasteiger partial charge on any atom is 0.173 e. The van der Waals surface area contributed by atoms with E-state index in [0.29, 0.717) is 0 Å². The lowest BCUT2D eigenvalue weighted by molar-refractivity contribution is -0.908. The fourth-order valence-electron chi connectivity index (χ4n) is 3.20. The van der Waals surface area contributed by atoms with Gasteiger partial charge in [-0.15, -0.1) is 11.3 Å². The number of aryl methyl sites for hydroxylation is 1. The molecular formula is C20H28N3OS2+. The van der Waals surface area contributed by atoms with E-state index in [0.717, 1.165) is 56.6 Å². The number of nitrogens with zero attached hydrogens (tertiary/aromatic N) is 1. The Labute approximate surface area is 165 Å². The third-order valence-electron chi connectivity index (χ3n) is 4.64. The molecule has 1 aromatic heterocycles. The normalized spacial score (nSPS) is 15.0. The third kappa shape index (κ3) is 6.06.